The first-order chi connectivity index (χ1) is 26.7. The largest absolute Gasteiger partial charge is 1.00 e. The molecule has 1 aliphatic carbocycles. The topological polar surface area (TPSA) is 41.8 Å². The van der Waals surface area contributed by atoms with Crippen LogP contribution in [0.4, 0.5) is 11.4 Å². The lowest BCUT2D eigenvalue weighted by Crippen LogP contribution is -3.00. The maximum Gasteiger partial charge on any atom is 0.311 e. The van der Waals surface area contributed by atoms with Crippen LogP contribution in [0.25, 0.3) is 0 Å². The fourth-order valence-electron chi connectivity index (χ4n) is 8.63. The van der Waals surface area contributed by atoms with E-state index in [2.05, 4.69) is 117 Å². The third-order valence-electron chi connectivity index (χ3n) is 11.5. The van der Waals surface area contributed by atoms with Crippen LogP contribution in [0.3, 0.4) is 0 Å². The Bertz CT molecular complexity index is 2170. The molecular formula is C50H55ClN2O3. The summed E-state index contributed by atoms with van der Waals surface area (Å²) >= 11 is 0. The van der Waals surface area contributed by atoms with Crippen LogP contribution in [-0.4, -0.2) is 29.3 Å². The molecule has 4 aromatic carbocycles. The van der Waals surface area contributed by atoms with Gasteiger partial charge in [-0.15, -0.1) is 5.73 Å². The van der Waals surface area contributed by atoms with Gasteiger partial charge >= 0.3 is 5.97 Å². The number of carbonyl (C=O) groups is 1. The van der Waals surface area contributed by atoms with Gasteiger partial charge < -0.3 is 26.8 Å². The molecule has 4 aromatic rings. The molecule has 290 valence electrons. The minimum absolute atomic E-state index is 0. The average Bonchev–Trinajstić information content (AvgIpc) is 3.55. The minimum Gasteiger partial charge on any atom is -1.00 e. The van der Waals surface area contributed by atoms with Crippen LogP contribution in [-0.2, 0) is 15.6 Å². The van der Waals surface area contributed by atoms with Gasteiger partial charge in [-0.3, -0.25) is 4.79 Å². The van der Waals surface area contributed by atoms with Crippen molar-refractivity contribution in [2.24, 2.45) is 5.92 Å². The Morgan fingerprint density at radius 2 is 1.46 bits per heavy atom. The lowest BCUT2D eigenvalue weighted by molar-refractivity contribution is -0.433. The van der Waals surface area contributed by atoms with E-state index in [-0.39, 0.29) is 35.1 Å². The number of halogens is 1. The second-order valence-corrected chi connectivity index (χ2v) is 16.0. The number of fused-ring (bicyclic) bond motifs is 2. The van der Waals surface area contributed by atoms with Crippen LogP contribution in [0, 0.1) is 5.92 Å². The molecule has 0 saturated heterocycles. The highest BCUT2D eigenvalue weighted by atomic mass is 35.5. The predicted molar refractivity (Wildman–Crippen MR) is 224 cm³/mol. The van der Waals surface area contributed by atoms with Crippen molar-refractivity contribution in [2.45, 2.75) is 90.4 Å². The molecule has 2 heterocycles. The molecular weight excluding hydrogens is 712 g/mol. The van der Waals surface area contributed by atoms with E-state index in [0.29, 0.717) is 12.2 Å². The molecule has 6 heteroatoms. The first-order valence-electron chi connectivity index (χ1n) is 20.2. The fraction of sp³-hybridized carbons (Fsp3) is 0.340. The number of esters is 1. The highest BCUT2D eigenvalue weighted by Crippen LogP contribution is 2.48. The maximum atomic E-state index is 12.5. The number of anilines is 1. The number of unbranched alkanes of at least 4 members (excludes halogenated alkanes) is 2. The van der Waals surface area contributed by atoms with E-state index in [1.807, 2.05) is 60.7 Å². The van der Waals surface area contributed by atoms with E-state index in [0.717, 1.165) is 63.1 Å². The molecule has 2 aliphatic heterocycles. The molecule has 0 fully saturated rings. The summed E-state index contributed by atoms with van der Waals surface area (Å²) in [6.45, 7) is 13.3. The number of allylic oxidation sites excluding steroid dienone is 4. The predicted octanol–water partition coefficient (Wildman–Crippen LogP) is 8.78. The molecule has 1 unspecified atom stereocenters. The number of ether oxygens (including phenoxy) is 2. The molecule has 56 heavy (non-hydrogen) atoms. The second-order valence-electron chi connectivity index (χ2n) is 16.0. The van der Waals surface area contributed by atoms with Crippen molar-refractivity contribution in [3.8, 4) is 11.5 Å². The Kier molecular flexibility index (Phi) is 12.9. The molecule has 0 amide bonds. The molecule has 0 radical (unpaired) electrons. The van der Waals surface area contributed by atoms with E-state index in [1.165, 1.54) is 39.5 Å². The Balaban J connectivity index is 0.00000532. The van der Waals surface area contributed by atoms with E-state index in [9.17, 15) is 4.79 Å². The van der Waals surface area contributed by atoms with E-state index < -0.39 is 0 Å². The molecule has 1 atom stereocenters. The van der Waals surface area contributed by atoms with Crippen LogP contribution < -0.4 is 26.8 Å². The molecule has 0 N–H and O–H groups in total. The zero-order valence-electron chi connectivity index (χ0n) is 33.6. The zero-order valence-corrected chi connectivity index (χ0v) is 34.3. The summed E-state index contributed by atoms with van der Waals surface area (Å²) < 4.78 is 14.8. The Morgan fingerprint density at radius 3 is 2.20 bits per heavy atom. The SMILES string of the molecule is CC[N+]1=C(/C=C/C2=C(Oc3ccccc3)C(C=C=C3N(CCCCCC(=O)Oc4ccccc4)c4ccccc4C3(C)C)CCC2)C(C)(C)c2ccccc21.[Cl-]. The fourth-order valence-corrected chi connectivity index (χ4v) is 8.63. The van der Waals surface area contributed by atoms with Crippen LogP contribution in [0.2, 0.25) is 0 Å². The minimum atomic E-state index is -0.211. The van der Waals surface area contributed by atoms with Gasteiger partial charge in [-0.05, 0) is 120 Å². The zero-order chi connectivity index (χ0) is 38.4. The Labute approximate surface area is 340 Å². The maximum absolute atomic E-state index is 12.5. The van der Waals surface area contributed by atoms with Crippen molar-refractivity contribution < 1.29 is 31.3 Å². The van der Waals surface area contributed by atoms with Crippen LogP contribution >= 0.6 is 0 Å². The molecule has 3 aliphatic rings. The third-order valence-corrected chi connectivity index (χ3v) is 11.5. The standard InChI is InChI=1S/C50H55N2O3.ClH/c1-6-51-43-29-17-15-27-41(43)49(2,3)45(51)34-32-37-21-20-22-38(48(37)55-40-25-12-8-13-26-40)33-35-46-50(4,5)42-28-16-18-30-44(42)52(46)36-19-9-14-31-47(53)54-39-23-10-7-11-24-39;/h7-8,10-13,15-18,23-30,32-34,38H,6,9,14,19-22,31,36H2,1-5H3;1H/q+1;/p-1/b34-32+;. The van der Waals surface area contributed by atoms with Gasteiger partial charge in [0.2, 0.25) is 5.69 Å². The number of hydrogen-bond acceptors (Lipinski definition) is 4. The number of nitrogens with zero attached hydrogens (tertiary/aromatic N) is 2. The number of benzene rings is 4. The van der Waals surface area contributed by atoms with Gasteiger partial charge in [0.25, 0.3) is 0 Å². The van der Waals surface area contributed by atoms with E-state index in [1.54, 1.807) is 0 Å². The quantitative estimate of drug-likeness (QED) is 0.0449. The van der Waals surface area contributed by atoms with Gasteiger partial charge in [0, 0.05) is 47.7 Å². The van der Waals surface area contributed by atoms with Gasteiger partial charge in [0.1, 0.15) is 23.8 Å². The van der Waals surface area contributed by atoms with Crippen molar-refractivity contribution in [3.05, 3.63) is 161 Å². The first-order valence-corrected chi connectivity index (χ1v) is 20.2. The Morgan fingerprint density at radius 1 is 0.804 bits per heavy atom. The van der Waals surface area contributed by atoms with Crippen molar-refractivity contribution in [2.75, 3.05) is 18.0 Å². The highest BCUT2D eigenvalue weighted by Gasteiger charge is 2.44. The summed E-state index contributed by atoms with van der Waals surface area (Å²) in [7, 11) is 0. The smallest absolute Gasteiger partial charge is 0.311 e. The molecule has 0 saturated carbocycles. The van der Waals surface area contributed by atoms with Crippen LogP contribution in [0.5, 0.6) is 11.5 Å². The lowest BCUT2D eigenvalue weighted by atomic mass is 9.81. The summed E-state index contributed by atoms with van der Waals surface area (Å²) in [5.74, 6) is 2.38. The van der Waals surface area contributed by atoms with Gasteiger partial charge in [-0.25, -0.2) is 0 Å². The van der Waals surface area contributed by atoms with Crippen molar-refractivity contribution in [1.29, 1.82) is 0 Å². The summed E-state index contributed by atoms with van der Waals surface area (Å²) in [4.78, 5) is 14.9. The van der Waals surface area contributed by atoms with Gasteiger partial charge in [-0.1, -0.05) is 79.2 Å². The van der Waals surface area contributed by atoms with E-state index in [4.69, 9.17) is 9.47 Å². The van der Waals surface area contributed by atoms with Crippen molar-refractivity contribution in [1.82, 2.24) is 0 Å². The first kappa shape index (κ1) is 40.6. The number of carbonyl (C=O) groups excluding carboxylic acids is 1. The summed E-state index contributed by atoms with van der Waals surface area (Å²) in [6, 6.07) is 37.1. The second kappa shape index (κ2) is 17.8. The average molecular weight is 767 g/mol. The summed E-state index contributed by atoms with van der Waals surface area (Å²) in [6.07, 6.45) is 13.1. The van der Waals surface area contributed by atoms with Gasteiger partial charge in [0.05, 0.1) is 11.1 Å². The highest BCUT2D eigenvalue weighted by molar-refractivity contribution is 6.03. The lowest BCUT2D eigenvalue weighted by Gasteiger charge is -2.27. The molecule has 0 spiro atoms. The van der Waals surface area contributed by atoms with Crippen LogP contribution in [0.1, 0.15) is 90.7 Å². The van der Waals surface area contributed by atoms with Crippen molar-refractivity contribution >= 4 is 23.1 Å². The molecule has 5 nitrogen and oxygen atoms in total. The molecule has 0 aromatic heterocycles. The summed E-state index contributed by atoms with van der Waals surface area (Å²) in [5, 5.41) is 0. The monoisotopic (exact) mass is 766 g/mol. The van der Waals surface area contributed by atoms with Gasteiger partial charge in [-0.2, -0.15) is 4.58 Å². The summed E-state index contributed by atoms with van der Waals surface area (Å²) in [5.41, 5.74) is 12.6. The van der Waals surface area contributed by atoms with Crippen molar-refractivity contribution in [3.63, 3.8) is 0 Å². The Hall–Kier alpha value is -5.09. The number of hydrogen-bond donors (Lipinski definition) is 0. The molecule has 0 bridgehead atoms. The van der Waals surface area contributed by atoms with Crippen LogP contribution in [0.15, 0.2) is 150 Å². The normalized spacial score (nSPS) is 18.0. The number of para-hydroxylation sites is 4. The van der Waals surface area contributed by atoms with Gasteiger partial charge in [0.15, 0.2) is 5.71 Å². The molecule has 7 rings (SSSR count). The van der Waals surface area contributed by atoms with E-state index >= 15 is 0 Å². The third kappa shape index (κ3) is 8.50. The number of rotatable bonds is 13.